The molecule has 0 spiro atoms. The van der Waals surface area contributed by atoms with Crippen LogP contribution < -0.4 is 4.90 Å². The van der Waals surface area contributed by atoms with Crippen molar-refractivity contribution in [3.05, 3.63) is 42.0 Å². The zero-order valence-electron chi connectivity index (χ0n) is 12.8. The van der Waals surface area contributed by atoms with E-state index < -0.39 is 47.4 Å². The van der Waals surface area contributed by atoms with Crippen LogP contribution in [0.3, 0.4) is 0 Å². The first-order chi connectivity index (χ1) is 11.3. The van der Waals surface area contributed by atoms with E-state index in [1.807, 2.05) is 0 Å². The molecule has 0 radical (unpaired) electrons. The summed E-state index contributed by atoms with van der Waals surface area (Å²) in [6, 6.07) is 5.69. The average Bonchev–Trinajstić information content (AvgIpc) is 3.13. The Labute approximate surface area is 137 Å². The van der Waals surface area contributed by atoms with Gasteiger partial charge in [0.2, 0.25) is 11.8 Å². The lowest BCUT2D eigenvalue weighted by molar-refractivity contribution is -0.131. The molecule has 4 rings (SSSR count). The normalized spacial score (nSPS) is 36.5. The van der Waals surface area contributed by atoms with Crippen LogP contribution in [-0.4, -0.2) is 45.8 Å². The van der Waals surface area contributed by atoms with Crippen molar-refractivity contribution in [3.8, 4) is 0 Å². The summed E-state index contributed by atoms with van der Waals surface area (Å²) in [5.41, 5.74) is -1.93. The zero-order chi connectivity index (χ0) is 17.3. The number of hydrogen-bond donors (Lipinski definition) is 2. The number of carbonyl (C=O) groups is 3. The fourth-order valence-corrected chi connectivity index (χ4v) is 4.07. The molecule has 2 fully saturated rings. The molecule has 2 amide bonds. The van der Waals surface area contributed by atoms with Crippen molar-refractivity contribution in [3.63, 3.8) is 0 Å². The van der Waals surface area contributed by atoms with Gasteiger partial charge < -0.3 is 14.9 Å². The number of ether oxygens (including phenoxy) is 1. The number of amides is 2. The smallest absolute Gasteiger partial charge is 0.335 e. The summed E-state index contributed by atoms with van der Waals surface area (Å²) < 4.78 is 5.83. The second kappa shape index (κ2) is 4.52. The van der Waals surface area contributed by atoms with E-state index in [1.54, 1.807) is 19.1 Å². The molecule has 7 nitrogen and oxygen atoms in total. The monoisotopic (exact) mass is 329 g/mol. The summed E-state index contributed by atoms with van der Waals surface area (Å²) in [5.74, 6) is -3.58. The third kappa shape index (κ3) is 1.65. The lowest BCUT2D eigenvalue weighted by Crippen LogP contribution is -2.43. The molecule has 24 heavy (non-hydrogen) atoms. The van der Waals surface area contributed by atoms with Crippen LogP contribution >= 0.6 is 0 Å². The molecule has 3 heterocycles. The number of imide groups is 1. The van der Waals surface area contributed by atoms with Crippen molar-refractivity contribution in [2.75, 3.05) is 11.5 Å². The molecule has 124 valence electrons. The number of aromatic carboxylic acids is 1. The number of aliphatic hydroxyl groups is 1. The molecule has 7 heteroatoms. The minimum atomic E-state index is -1.19. The first-order valence-corrected chi connectivity index (χ1v) is 7.55. The van der Waals surface area contributed by atoms with Crippen LogP contribution in [0.1, 0.15) is 17.3 Å². The van der Waals surface area contributed by atoms with Crippen molar-refractivity contribution in [1.29, 1.82) is 0 Å². The number of carbonyl (C=O) groups excluding carboxylic acids is 2. The van der Waals surface area contributed by atoms with E-state index in [2.05, 4.69) is 0 Å². The van der Waals surface area contributed by atoms with Crippen LogP contribution in [0.25, 0.3) is 0 Å². The van der Waals surface area contributed by atoms with E-state index in [0.29, 0.717) is 0 Å². The van der Waals surface area contributed by atoms with Crippen LogP contribution in [0.5, 0.6) is 0 Å². The lowest BCUT2D eigenvalue weighted by Gasteiger charge is -2.27. The number of rotatable bonds is 3. The van der Waals surface area contributed by atoms with Crippen molar-refractivity contribution in [1.82, 2.24) is 0 Å². The number of carboxylic acid groups (broad SMARTS) is 1. The molecule has 1 aromatic carbocycles. The fraction of sp³-hybridized carbons (Fsp3) is 0.353. The van der Waals surface area contributed by atoms with Crippen LogP contribution in [0.4, 0.5) is 5.69 Å². The van der Waals surface area contributed by atoms with Gasteiger partial charge in [-0.3, -0.25) is 9.59 Å². The predicted molar refractivity (Wildman–Crippen MR) is 81.3 cm³/mol. The second-order valence-electron chi connectivity index (χ2n) is 6.56. The van der Waals surface area contributed by atoms with E-state index >= 15 is 0 Å². The minimum Gasteiger partial charge on any atom is -0.478 e. The number of hydrogen-bond acceptors (Lipinski definition) is 5. The molecular formula is C17H15NO6. The van der Waals surface area contributed by atoms with Crippen molar-refractivity contribution in [2.45, 2.75) is 18.1 Å². The van der Waals surface area contributed by atoms with E-state index in [4.69, 9.17) is 9.84 Å². The number of benzene rings is 1. The third-order valence-corrected chi connectivity index (χ3v) is 5.15. The van der Waals surface area contributed by atoms with E-state index in [1.165, 1.54) is 24.3 Å². The van der Waals surface area contributed by atoms with Gasteiger partial charge in [-0.05, 0) is 25.1 Å². The molecule has 2 N–H and O–H groups in total. The van der Waals surface area contributed by atoms with Crippen LogP contribution in [0, 0.1) is 11.8 Å². The van der Waals surface area contributed by atoms with Gasteiger partial charge in [0.05, 0.1) is 35.3 Å². The number of aliphatic hydroxyl groups excluding tert-OH is 1. The minimum absolute atomic E-state index is 0.00871. The Balaban J connectivity index is 1.80. The van der Waals surface area contributed by atoms with Gasteiger partial charge in [0.25, 0.3) is 0 Å². The highest BCUT2D eigenvalue weighted by Crippen LogP contribution is 2.57. The molecule has 0 aromatic heterocycles. The molecule has 2 bridgehead atoms. The van der Waals surface area contributed by atoms with E-state index in [0.717, 1.165) is 4.90 Å². The first-order valence-electron chi connectivity index (χ1n) is 7.55. The van der Waals surface area contributed by atoms with Gasteiger partial charge in [0.1, 0.15) is 5.60 Å². The maximum absolute atomic E-state index is 12.9. The highest BCUT2D eigenvalue weighted by Gasteiger charge is 2.72. The molecular weight excluding hydrogens is 314 g/mol. The molecule has 0 aliphatic carbocycles. The highest BCUT2D eigenvalue weighted by molar-refractivity contribution is 6.23. The van der Waals surface area contributed by atoms with Crippen LogP contribution in [-0.2, 0) is 14.3 Å². The van der Waals surface area contributed by atoms with Gasteiger partial charge in [0, 0.05) is 0 Å². The molecule has 2 saturated heterocycles. The topological polar surface area (TPSA) is 104 Å². The Hall–Kier alpha value is -2.51. The van der Waals surface area contributed by atoms with Crippen molar-refractivity contribution in [2.24, 2.45) is 11.8 Å². The zero-order valence-corrected chi connectivity index (χ0v) is 12.8. The number of fused-ring (bicyclic) bond motifs is 5. The summed E-state index contributed by atoms with van der Waals surface area (Å²) in [6.45, 7) is 1.32. The molecule has 0 saturated carbocycles. The SMILES string of the molecule is CC12C=CC(CO)(O1)C1C(=O)N(c3cccc(C(=O)O)c3)C(=O)C12. The second-order valence-corrected chi connectivity index (χ2v) is 6.56. The summed E-state index contributed by atoms with van der Waals surface area (Å²) in [7, 11) is 0. The summed E-state index contributed by atoms with van der Waals surface area (Å²) >= 11 is 0. The van der Waals surface area contributed by atoms with E-state index in [9.17, 15) is 19.5 Å². The van der Waals surface area contributed by atoms with Crippen molar-refractivity contribution >= 4 is 23.5 Å². The maximum atomic E-state index is 12.9. The van der Waals surface area contributed by atoms with Gasteiger partial charge in [-0.15, -0.1) is 0 Å². The van der Waals surface area contributed by atoms with Gasteiger partial charge in [0.15, 0.2) is 0 Å². The summed E-state index contributed by atoms with van der Waals surface area (Å²) in [6.07, 6.45) is 3.36. The quantitative estimate of drug-likeness (QED) is 0.621. The van der Waals surface area contributed by atoms with Crippen LogP contribution in [0.15, 0.2) is 36.4 Å². The fourth-order valence-electron chi connectivity index (χ4n) is 4.07. The maximum Gasteiger partial charge on any atom is 0.335 e. The standard InChI is InChI=1S/C17H15NO6/c1-16-5-6-17(8-19,24-16)12-11(16)13(20)18(14(12)21)10-4-2-3-9(7-10)15(22)23/h2-7,11-12,19H,8H2,1H3,(H,22,23). The Kier molecular flexibility index (Phi) is 2.83. The van der Waals surface area contributed by atoms with Gasteiger partial charge in [-0.1, -0.05) is 18.2 Å². The van der Waals surface area contributed by atoms with Crippen molar-refractivity contribution < 1.29 is 29.3 Å². The third-order valence-electron chi connectivity index (χ3n) is 5.15. The highest BCUT2D eigenvalue weighted by atomic mass is 16.5. The van der Waals surface area contributed by atoms with Gasteiger partial charge in [-0.2, -0.15) is 0 Å². The summed E-state index contributed by atoms with van der Waals surface area (Å²) in [4.78, 5) is 38.0. The Morgan fingerprint density at radius 3 is 2.62 bits per heavy atom. The number of carboxylic acids is 1. The Morgan fingerprint density at radius 2 is 1.96 bits per heavy atom. The number of anilines is 1. The largest absolute Gasteiger partial charge is 0.478 e. The van der Waals surface area contributed by atoms with Gasteiger partial charge in [-0.25, -0.2) is 9.69 Å². The predicted octanol–water partition coefficient (Wildman–Crippen LogP) is 0.580. The lowest BCUT2D eigenvalue weighted by atomic mass is 9.73. The molecule has 4 unspecified atom stereocenters. The molecule has 1 aromatic rings. The first kappa shape index (κ1) is 15.0. The molecule has 3 aliphatic heterocycles. The van der Waals surface area contributed by atoms with Gasteiger partial charge >= 0.3 is 5.97 Å². The number of nitrogens with zero attached hydrogens (tertiary/aromatic N) is 1. The average molecular weight is 329 g/mol. The van der Waals surface area contributed by atoms with Crippen LogP contribution in [0.2, 0.25) is 0 Å². The summed E-state index contributed by atoms with van der Waals surface area (Å²) in [5, 5.41) is 18.9. The Morgan fingerprint density at radius 1 is 1.25 bits per heavy atom. The Bertz CT molecular complexity index is 817. The molecule has 4 atom stereocenters. The van der Waals surface area contributed by atoms with E-state index in [-0.39, 0.29) is 11.3 Å². The molecule has 3 aliphatic rings.